The van der Waals surface area contributed by atoms with Crippen molar-refractivity contribution in [2.75, 3.05) is 20.3 Å². The maximum Gasteiger partial charge on any atom is 0.492 e. The first-order chi connectivity index (χ1) is 18.6. The van der Waals surface area contributed by atoms with Crippen LogP contribution < -0.4 is 10.1 Å². The molecule has 2 aliphatic rings. The molecule has 1 aliphatic heterocycles. The number of nitrogens with one attached hydrogen (secondary N) is 1. The van der Waals surface area contributed by atoms with E-state index in [1.807, 2.05) is 71.0 Å². The third-order valence-corrected chi connectivity index (χ3v) is 7.99. The molecule has 7 nitrogen and oxygen atoms in total. The Balaban J connectivity index is 1.31. The molecule has 1 saturated heterocycles. The van der Waals surface area contributed by atoms with Gasteiger partial charge in [-0.3, -0.25) is 0 Å². The normalized spacial score (nSPS) is 17.5. The number of methoxy groups -OCH3 is 1. The monoisotopic (exact) mass is 526 g/mol. The van der Waals surface area contributed by atoms with E-state index in [-0.39, 0.29) is 19.1 Å². The first-order valence-corrected chi connectivity index (χ1v) is 13.3. The van der Waals surface area contributed by atoms with Gasteiger partial charge in [0.15, 0.2) is 0 Å². The van der Waals surface area contributed by atoms with Gasteiger partial charge in [-0.25, -0.2) is 9.78 Å². The Kier molecular flexibility index (Phi) is 7.27. The number of benzene rings is 2. The van der Waals surface area contributed by atoms with Crippen LogP contribution in [0.3, 0.4) is 0 Å². The molecule has 1 N–H and O–H groups in total. The first-order valence-electron chi connectivity index (χ1n) is 13.3. The molecule has 1 aliphatic carbocycles. The van der Waals surface area contributed by atoms with Gasteiger partial charge < -0.3 is 24.1 Å². The van der Waals surface area contributed by atoms with Crippen LogP contribution in [0.5, 0.6) is 5.88 Å². The molecule has 2 aromatic carbocycles. The van der Waals surface area contributed by atoms with E-state index in [0.29, 0.717) is 5.88 Å². The number of carbonyl (C=O) groups excluding carboxylic acids is 1. The quantitative estimate of drug-likeness (QED) is 0.384. The minimum atomic E-state index is -0.634. The Labute approximate surface area is 230 Å². The number of ether oxygens (including phenoxy) is 2. The number of rotatable bonds is 7. The molecule has 2 heterocycles. The lowest BCUT2D eigenvalue weighted by Gasteiger charge is -2.32. The Morgan fingerprint density at radius 3 is 2.13 bits per heavy atom. The fourth-order valence-electron chi connectivity index (χ4n) is 5.04. The summed E-state index contributed by atoms with van der Waals surface area (Å²) < 4.78 is 23.6. The van der Waals surface area contributed by atoms with E-state index >= 15 is 0 Å². The average molecular weight is 526 g/mol. The van der Waals surface area contributed by atoms with Crippen LogP contribution >= 0.6 is 0 Å². The average Bonchev–Trinajstić information content (AvgIpc) is 3.35. The number of hydrogen-bond acceptors (Lipinski definition) is 6. The lowest BCUT2D eigenvalue weighted by atomic mass is 9.77. The predicted octanol–water partition coefficient (Wildman–Crippen LogP) is 5.95. The number of carbonyl (C=O) groups is 1. The second kappa shape index (κ2) is 10.5. The Hall–Kier alpha value is -3.62. The van der Waals surface area contributed by atoms with E-state index in [4.69, 9.17) is 18.8 Å². The molecule has 0 atom stereocenters. The summed E-state index contributed by atoms with van der Waals surface area (Å²) in [5.41, 5.74) is 6.13. The molecule has 39 heavy (non-hydrogen) atoms. The van der Waals surface area contributed by atoms with Gasteiger partial charge in [-0.15, -0.1) is 0 Å². The van der Waals surface area contributed by atoms with Gasteiger partial charge in [0, 0.05) is 24.2 Å². The van der Waals surface area contributed by atoms with Gasteiger partial charge in [0.1, 0.15) is 6.61 Å². The SMILES string of the molecule is COc1ccc(C=C(CNC(=O)OCC2c3ccccc3-c3ccccc32)B2OC(C)(C)C(C)(C)O2)c(C)n1. The highest BCUT2D eigenvalue weighted by molar-refractivity contribution is 6.56. The lowest BCUT2D eigenvalue weighted by Crippen LogP contribution is -2.41. The molecular formula is C31H35BN2O5. The number of amides is 1. The lowest BCUT2D eigenvalue weighted by molar-refractivity contribution is 0.00578. The highest BCUT2D eigenvalue weighted by Gasteiger charge is 2.52. The molecule has 5 rings (SSSR count). The van der Waals surface area contributed by atoms with Crippen molar-refractivity contribution in [2.24, 2.45) is 0 Å². The zero-order valence-electron chi connectivity index (χ0n) is 23.4. The van der Waals surface area contributed by atoms with E-state index in [0.717, 1.165) is 16.7 Å². The molecule has 0 spiro atoms. The molecule has 8 heteroatoms. The summed E-state index contributed by atoms with van der Waals surface area (Å²) in [6, 6.07) is 20.3. The Bertz CT molecular complexity index is 1360. The smallest absolute Gasteiger partial charge is 0.481 e. The van der Waals surface area contributed by atoms with E-state index < -0.39 is 24.4 Å². The minimum absolute atomic E-state index is 0.00529. The molecule has 1 amide bonds. The van der Waals surface area contributed by atoms with Gasteiger partial charge in [0.05, 0.1) is 18.3 Å². The maximum absolute atomic E-state index is 12.9. The van der Waals surface area contributed by atoms with Crippen LogP contribution in [-0.4, -0.2) is 49.7 Å². The van der Waals surface area contributed by atoms with E-state index in [1.54, 1.807) is 13.2 Å². The number of alkyl carbamates (subject to hydrolysis) is 1. The van der Waals surface area contributed by atoms with E-state index in [9.17, 15) is 4.79 Å². The Morgan fingerprint density at radius 2 is 1.56 bits per heavy atom. The topological polar surface area (TPSA) is 78.9 Å². The second-order valence-corrected chi connectivity index (χ2v) is 11.0. The molecule has 0 radical (unpaired) electrons. The molecule has 1 fully saturated rings. The molecular weight excluding hydrogens is 491 g/mol. The molecule has 1 aromatic heterocycles. The maximum atomic E-state index is 12.9. The molecule has 202 valence electrons. The number of aromatic nitrogens is 1. The van der Waals surface area contributed by atoms with Crippen molar-refractivity contribution in [1.82, 2.24) is 10.3 Å². The molecule has 3 aromatic rings. The van der Waals surface area contributed by atoms with Crippen LogP contribution in [0, 0.1) is 6.92 Å². The van der Waals surface area contributed by atoms with Crippen molar-refractivity contribution in [3.63, 3.8) is 0 Å². The number of nitrogens with zero attached hydrogens (tertiary/aromatic N) is 1. The summed E-state index contributed by atoms with van der Waals surface area (Å²) in [6.45, 7) is 10.4. The van der Waals surface area contributed by atoms with Gasteiger partial charge in [-0.2, -0.15) is 0 Å². The molecule has 0 saturated carbocycles. The Morgan fingerprint density at radius 1 is 0.974 bits per heavy atom. The number of aryl methyl sites for hydroxylation is 1. The van der Waals surface area contributed by atoms with Gasteiger partial charge in [-0.1, -0.05) is 54.6 Å². The zero-order valence-corrected chi connectivity index (χ0v) is 23.4. The van der Waals surface area contributed by atoms with E-state index in [2.05, 4.69) is 34.6 Å². The van der Waals surface area contributed by atoms with Crippen LogP contribution in [0.4, 0.5) is 4.79 Å². The number of fused-ring (bicyclic) bond motifs is 3. The predicted molar refractivity (Wildman–Crippen MR) is 153 cm³/mol. The van der Waals surface area contributed by atoms with Crippen LogP contribution in [0.15, 0.2) is 66.1 Å². The number of pyridine rings is 1. The first kappa shape index (κ1) is 27.0. The zero-order chi connectivity index (χ0) is 27.8. The molecule has 0 bridgehead atoms. The summed E-state index contributed by atoms with van der Waals surface area (Å²) in [4.78, 5) is 17.4. The van der Waals surface area contributed by atoms with Crippen molar-refractivity contribution >= 4 is 19.3 Å². The highest BCUT2D eigenvalue weighted by Crippen LogP contribution is 2.44. The van der Waals surface area contributed by atoms with Crippen LogP contribution in [-0.2, 0) is 14.0 Å². The van der Waals surface area contributed by atoms with E-state index in [1.165, 1.54) is 22.3 Å². The van der Waals surface area contributed by atoms with Crippen molar-refractivity contribution in [1.29, 1.82) is 0 Å². The third kappa shape index (κ3) is 5.31. The fraction of sp³-hybridized carbons (Fsp3) is 0.355. The standard InChI is InChI=1S/C31H35BN2O5/c1-20-21(15-16-28(34-20)36-6)17-22(32-38-30(2,3)31(4,5)39-32)18-33-29(35)37-19-27-25-13-9-7-11-23(25)24-12-8-10-14-26(24)27/h7-17,27H,18-19H2,1-6H3,(H,33,35). The van der Waals surface area contributed by atoms with Crippen molar-refractivity contribution < 1.29 is 23.6 Å². The fourth-order valence-corrected chi connectivity index (χ4v) is 5.04. The van der Waals surface area contributed by atoms with Crippen molar-refractivity contribution in [3.05, 3.63) is 88.5 Å². The second-order valence-electron chi connectivity index (χ2n) is 11.0. The minimum Gasteiger partial charge on any atom is -0.481 e. The summed E-state index contributed by atoms with van der Waals surface area (Å²) >= 11 is 0. The van der Waals surface area contributed by atoms with Crippen LogP contribution in [0.25, 0.3) is 17.2 Å². The summed E-state index contributed by atoms with van der Waals surface area (Å²) in [5.74, 6) is 0.535. The summed E-state index contributed by atoms with van der Waals surface area (Å²) in [7, 11) is 0.955. The van der Waals surface area contributed by atoms with Crippen LogP contribution in [0.1, 0.15) is 56.0 Å². The summed E-state index contributed by atoms with van der Waals surface area (Å²) in [6.07, 6.45) is 1.46. The summed E-state index contributed by atoms with van der Waals surface area (Å²) in [5, 5.41) is 2.91. The van der Waals surface area contributed by atoms with Gasteiger partial charge in [0.25, 0.3) is 0 Å². The number of hydrogen-bond donors (Lipinski definition) is 1. The van der Waals surface area contributed by atoms with Gasteiger partial charge in [-0.05, 0) is 74.0 Å². The van der Waals surface area contributed by atoms with Crippen molar-refractivity contribution in [3.8, 4) is 17.0 Å². The highest BCUT2D eigenvalue weighted by atomic mass is 16.7. The molecule has 0 unspecified atom stereocenters. The largest absolute Gasteiger partial charge is 0.492 e. The third-order valence-electron chi connectivity index (χ3n) is 7.99. The van der Waals surface area contributed by atoms with Crippen molar-refractivity contribution in [2.45, 2.75) is 51.7 Å². The van der Waals surface area contributed by atoms with Gasteiger partial charge >= 0.3 is 13.2 Å². The van der Waals surface area contributed by atoms with Crippen LogP contribution in [0.2, 0.25) is 0 Å². The van der Waals surface area contributed by atoms with Gasteiger partial charge in [0.2, 0.25) is 5.88 Å².